The molecule has 0 amide bonds. The van der Waals surface area contributed by atoms with E-state index in [1.165, 1.54) is 18.7 Å². The topological polar surface area (TPSA) is 64.1 Å². The van der Waals surface area contributed by atoms with Crippen LogP contribution in [0.1, 0.15) is 23.2 Å². The Kier molecular flexibility index (Phi) is 2.18. The molecule has 0 spiro atoms. The van der Waals surface area contributed by atoms with Crippen LogP contribution in [0, 0.1) is 0 Å². The molecule has 5 heteroatoms. The first-order valence-corrected chi connectivity index (χ1v) is 4.08. The average molecular weight is 179 g/mol. The summed E-state index contributed by atoms with van der Waals surface area (Å²) in [5.41, 5.74) is 3.01. The van der Waals surface area contributed by atoms with Crippen LogP contribution < -0.4 is 5.48 Å². The van der Waals surface area contributed by atoms with Gasteiger partial charge in [-0.15, -0.1) is 5.48 Å². The summed E-state index contributed by atoms with van der Waals surface area (Å²) in [6, 6.07) is 0.341. The molecule has 13 heavy (non-hydrogen) atoms. The molecule has 1 N–H and O–H groups in total. The second-order valence-corrected chi connectivity index (χ2v) is 2.91. The van der Waals surface area contributed by atoms with E-state index in [-0.39, 0.29) is 0 Å². The minimum absolute atomic E-state index is 0.341. The zero-order valence-electron chi connectivity index (χ0n) is 6.93. The molecule has 1 aromatic rings. The predicted octanol–water partition coefficient (Wildman–Crippen LogP) is 0.300. The van der Waals surface area contributed by atoms with Gasteiger partial charge in [0.1, 0.15) is 6.33 Å². The van der Waals surface area contributed by atoms with Crippen LogP contribution in [0.15, 0.2) is 18.7 Å². The van der Waals surface area contributed by atoms with Gasteiger partial charge in [-0.05, 0) is 12.8 Å². The number of hydroxylamine groups is 1. The van der Waals surface area contributed by atoms with Crippen LogP contribution in [0.25, 0.3) is 0 Å². The van der Waals surface area contributed by atoms with Crippen LogP contribution in [0.4, 0.5) is 0 Å². The summed E-state index contributed by atoms with van der Waals surface area (Å²) in [7, 11) is 0. The summed E-state index contributed by atoms with van der Waals surface area (Å²) >= 11 is 0. The van der Waals surface area contributed by atoms with E-state index in [0.717, 1.165) is 12.8 Å². The van der Waals surface area contributed by atoms with Crippen molar-refractivity contribution in [2.45, 2.75) is 18.9 Å². The summed E-state index contributed by atoms with van der Waals surface area (Å²) in [5, 5.41) is 0. The first-order valence-electron chi connectivity index (χ1n) is 4.08. The third kappa shape index (κ3) is 2.22. The average Bonchev–Trinajstić information content (AvgIpc) is 2.99. The van der Waals surface area contributed by atoms with Crippen molar-refractivity contribution < 1.29 is 9.63 Å². The molecule has 0 aromatic carbocycles. The lowest BCUT2D eigenvalue weighted by molar-refractivity contribution is 0.0235. The Labute approximate surface area is 75.1 Å². The molecular formula is C8H9N3O2. The molecule has 0 aliphatic heterocycles. The fourth-order valence-corrected chi connectivity index (χ4v) is 0.801. The highest BCUT2D eigenvalue weighted by molar-refractivity contribution is 5.88. The first-order chi connectivity index (χ1) is 6.36. The fraction of sp³-hybridized carbons (Fsp3) is 0.375. The maximum Gasteiger partial charge on any atom is 0.359 e. The molecule has 0 saturated heterocycles. The largest absolute Gasteiger partial charge is 0.366 e. The Bertz CT molecular complexity index is 298. The molecule has 0 radical (unpaired) electrons. The van der Waals surface area contributed by atoms with Gasteiger partial charge in [0.15, 0.2) is 0 Å². The van der Waals surface area contributed by atoms with E-state index in [0.29, 0.717) is 11.6 Å². The van der Waals surface area contributed by atoms with Gasteiger partial charge in [-0.2, -0.15) is 0 Å². The number of aromatic nitrogens is 2. The monoisotopic (exact) mass is 179 g/mol. The third-order valence-corrected chi connectivity index (χ3v) is 1.69. The van der Waals surface area contributed by atoms with E-state index in [1.54, 1.807) is 0 Å². The van der Waals surface area contributed by atoms with Crippen LogP contribution in [-0.2, 0) is 4.84 Å². The van der Waals surface area contributed by atoms with E-state index in [9.17, 15) is 4.79 Å². The minimum atomic E-state index is -0.438. The molecule has 68 valence electrons. The van der Waals surface area contributed by atoms with Crippen molar-refractivity contribution in [2.75, 3.05) is 0 Å². The first kappa shape index (κ1) is 8.12. The zero-order chi connectivity index (χ0) is 9.10. The van der Waals surface area contributed by atoms with Gasteiger partial charge in [-0.25, -0.2) is 14.8 Å². The Morgan fingerprint density at radius 1 is 1.46 bits per heavy atom. The van der Waals surface area contributed by atoms with Crippen molar-refractivity contribution in [3.8, 4) is 0 Å². The highest BCUT2D eigenvalue weighted by Gasteiger charge is 2.23. The summed E-state index contributed by atoms with van der Waals surface area (Å²) in [4.78, 5) is 23.4. The second kappa shape index (κ2) is 3.49. The van der Waals surface area contributed by atoms with Gasteiger partial charge in [0.2, 0.25) is 0 Å². The predicted molar refractivity (Wildman–Crippen MR) is 43.6 cm³/mol. The van der Waals surface area contributed by atoms with E-state index >= 15 is 0 Å². The zero-order valence-corrected chi connectivity index (χ0v) is 6.93. The molecule has 0 bridgehead atoms. The van der Waals surface area contributed by atoms with Gasteiger partial charge < -0.3 is 4.84 Å². The van der Waals surface area contributed by atoms with Gasteiger partial charge in [-0.3, -0.25) is 0 Å². The number of hydrogen-bond acceptors (Lipinski definition) is 5. The molecule has 5 nitrogen and oxygen atoms in total. The Balaban J connectivity index is 1.89. The molecule has 1 aromatic heterocycles. The maximum absolute atomic E-state index is 11.2. The third-order valence-electron chi connectivity index (χ3n) is 1.69. The number of rotatable bonds is 3. The van der Waals surface area contributed by atoms with Gasteiger partial charge in [-0.1, -0.05) is 0 Å². The number of nitrogens with one attached hydrogen (secondary N) is 1. The normalized spacial score (nSPS) is 15.4. The molecule has 1 aliphatic rings. The van der Waals surface area contributed by atoms with E-state index in [1.807, 2.05) is 0 Å². The lowest BCUT2D eigenvalue weighted by Crippen LogP contribution is -2.22. The summed E-state index contributed by atoms with van der Waals surface area (Å²) < 4.78 is 0. The Morgan fingerprint density at radius 3 is 2.77 bits per heavy atom. The van der Waals surface area contributed by atoms with Crippen molar-refractivity contribution in [1.82, 2.24) is 15.4 Å². The molecule has 0 atom stereocenters. The van der Waals surface area contributed by atoms with Crippen LogP contribution in [0.3, 0.4) is 0 Å². The summed E-state index contributed by atoms with van der Waals surface area (Å²) in [5.74, 6) is -0.438. The van der Waals surface area contributed by atoms with Crippen molar-refractivity contribution in [3.05, 3.63) is 24.3 Å². The van der Waals surface area contributed by atoms with Crippen molar-refractivity contribution >= 4 is 5.97 Å². The number of hydrogen-bond donors (Lipinski definition) is 1. The Morgan fingerprint density at radius 2 is 2.15 bits per heavy atom. The minimum Gasteiger partial charge on any atom is -0.366 e. The standard InChI is InChI=1S/C8H9N3O2/c12-8(13-11-7-1-2-7)6-3-9-5-10-4-6/h3-5,7,11H,1-2H2. The van der Waals surface area contributed by atoms with Crippen molar-refractivity contribution in [3.63, 3.8) is 0 Å². The fourth-order valence-electron chi connectivity index (χ4n) is 0.801. The number of nitrogens with zero attached hydrogens (tertiary/aromatic N) is 2. The van der Waals surface area contributed by atoms with E-state index in [4.69, 9.17) is 4.84 Å². The highest BCUT2D eigenvalue weighted by Crippen LogP contribution is 2.18. The molecule has 1 fully saturated rings. The van der Waals surface area contributed by atoms with Crippen LogP contribution in [-0.4, -0.2) is 22.0 Å². The molecule has 1 aliphatic carbocycles. The van der Waals surface area contributed by atoms with Crippen LogP contribution in [0.2, 0.25) is 0 Å². The quantitative estimate of drug-likeness (QED) is 0.676. The maximum atomic E-state index is 11.2. The van der Waals surface area contributed by atoms with Crippen molar-refractivity contribution in [2.24, 2.45) is 0 Å². The highest BCUT2D eigenvalue weighted by atomic mass is 16.7. The molecule has 1 heterocycles. The summed E-state index contributed by atoms with van der Waals surface area (Å²) in [6.07, 6.45) is 6.34. The van der Waals surface area contributed by atoms with Gasteiger partial charge in [0.05, 0.1) is 5.56 Å². The molecular weight excluding hydrogens is 170 g/mol. The molecule has 1 saturated carbocycles. The number of carbonyl (C=O) groups excluding carboxylic acids is 1. The summed E-state index contributed by atoms with van der Waals surface area (Å²) in [6.45, 7) is 0. The van der Waals surface area contributed by atoms with Crippen LogP contribution >= 0.6 is 0 Å². The van der Waals surface area contributed by atoms with Gasteiger partial charge in [0, 0.05) is 18.4 Å². The van der Waals surface area contributed by atoms with E-state index < -0.39 is 5.97 Å². The SMILES string of the molecule is O=C(ONC1CC1)c1cncnc1. The molecule has 0 unspecified atom stereocenters. The number of carbonyl (C=O) groups is 1. The lowest BCUT2D eigenvalue weighted by Gasteiger charge is -2.02. The van der Waals surface area contributed by atoms with E-state index in [2.05, 4.69) is 15.4 Å². The lowest BCUT2D eigenvalue weighted by atomic mass is 10.4. The van der Waals surface area contributed by atoms with Crippen LogP contribution in [0.5, 0.6) is 0 Å². The van der Waals surface area contributed by atoms with Crippen molar-refractivity contribution in [1.29, 1.82) is 0 Å². The molecule has 2 rings (SSSR count). The Hall–Kier alpha value is -1.49. The smallest absolute Gasteiger partial charge is 0.359 e. The second-order valence-electron chi connectivity index (χ2n) is 2.91. The van der Waals surface area contributed by atoms with Gasteiger partial charge >= 0.3 is 5.97 Å². The van der Waals surface area contributed by atoms with Gasteiger partial charge in [0.25, 0.3) is 0 Å².